The van der Waals surface area contributed by atoms with Crippen molar-refractivity contribution < 1.29 is 13.7 Å². The molecule has 2 amide bonds. The highest BCUT2D eigenvalue weighted by Crippen LogP contribution is 2.18. The van der Waals surface area contributed by atoms with Crippen molar-refractivity contribution in [1.29, 1.82) is 0 Å². The number of nitrogens with one attached hydrogen (secondary N) is 1. The van der Waals surface area contributed by atoms with Crippen LogP contribution in [0, 0.1) is 0 Å². The van der Waals surface area contributed by atoms with E-state index in [1.807, 2.05) is 26.8 Å². The number of nitrogens with zero attached hydrogens (tertiary/aromatic N) is 3. The quantitative estimate of drug-likeness (QED) is 0.887. The number of rotatable bonds is 6. The smallest absolute Gasteiger partial charge is 0.317 e. The summed E-state index contributed by atoms with van der Waals surface area (Å²) in [6.07, 6.45) is 2.13. The monoisotopic (exact) mass is 306 g/mol. The molecule has 22 heavy (non-hydrogen) atoms. The molecule has 120 valence electrons. The van der Waals surface area contributed by atoms with Gasteiger partial charge in [-0.2, -0.15) is 4.98 Å². The molecule has 0 aliphatic heterocycles. The Morgan fingerprint density at radius 1 is 1.41 bits per heavy atom. The van der Waals surface area contributed by atoms with Crippen LogP contribution in [0.15, 0.2) is 27.3 Å². The number of amides is 2. The molecule has 0 aliphatic carbocycles. The van der Waals surface area contributed by atoms with Gasteiger partial charge in [-0.25, -0.2) is 4.79 Å². The van der Waals surface area contributed by atoms with Gasteiger partial charge in [-0.05, 0) is 19.1 Å². The third-order valence-electron chi connectivity index (χ3n) is 3.46. The number of aromatic nitrogens is 2. The van der Waals surface area contributed by atoms with Gasteiger partial charge in [0.2, 0.25) is 5.89 Å². The molecule has 0 unspecified atom stereocenters. The van der Waals surface area contributed by atoms with E-state index in [0.717, 1.165) is 5.76 Å². The average Bonchev–Trinajstić information content (AvgIpc) is 3.16. The van der Waals surface area contributed by atoms with Crippen molar-refractivity contribution in [2.45, 2.75) is 39.2 Å². The lowest BCUT2D eigenvalue weighted by atomic mass is 10.2. The molecule has 0 bridgehead atoms. The Morgan fingerprint density at radius 3 is 2.77 bits per heavy atom. The molecule has 0 saturated carbocycles. The van der Waals surface area contributed by atoms with Crippen molar-refractivity contribution in [3.63, 3.8) is 0 Å². The zero-order valence-electron chi connectivity index (χ0n) is 13.4. The summed E-state index contributed by atoms with van der Waals surface area (Å²) in [7, 11) is 1.73. The van der Waals surface area contributed by atoms with Gasteiger partial charge in [0.15, 0.2) is 5.82 Å². The van der Waals surface area contributed by atoms with E-state index in [-0.39, 0.29) is 18.0 Å². The van der Waals surface area contributed by atoms with Crippen LogP contribution in [0.2, 0.25) is 0 Å². The molecule has 2 aromatic rings. The van der Waals surface area contributed by atoms with E-state index in [1.54, 1.807) is 24.3 Å². The molecule has 2 rings (SSSR count). The maximum absolute atomic E-state index is 12.1. The molecule has 1 atom stereocenters. The average molecular weight is 306 g/mol. The summed E-state index contributed by atoms with van der Waals surface area (Å²) >= 11 is 0. The fourth-order valence-electron chi connectivity index (χ4n) is 1.91. The second-order valence-corrected chi connectivity index (χ2v) is 5.49. The van der Waals surface area contributed by atoms with Gasteiger partial charge >= 0.3 is 6.03 Å². The SMILES string of the molecule is CC(C)c1nc(CCNC(=O)N(C)[C@@H](C)c2ccco2)no1. The molecule has 2 aromatic heterocycles. The molecule has 7 nitrogen and oxygen atoms in total. The minimum absolute atomic E-state index is 0.132. The Kier molecular flexibility index (Phi) is 5.19. The number of urea groups is 1. The summed E-state index contributed by atoms with van der Waals surface area (Å²) in [4.78, 5) is 18.0. The van der Waals surface area contributed by atoms with Gasteiger partial charge < -0.3 is 19.2 Å². The van der Waals surface area contributed by atoms with Crippen LogP contribution in [-0.4, -0.2) is 34.7 Å². The Balaban J connectivity index is 1.79. The van der Waals surface area contributed by atoms with Crippen LogP contribution < -0.4 is 5.32 Å². The summed E-state index contributed by atoms with van der Waals surface area (Å²) in [5.41, 5.74) is 0. The van der Waals surface area contributed by atoms with Gasteiger partial charge in [0.05, 0.1) is 12.3 Å². The van der Waals surface area contributed by atoms with Crippen LogP contribution in [0.3, 0.4) is 0 Å². The van der Waals surface area contributed by atoms with Crippen LogP contribution in [0.5, 0.6) is 0 Å². The Bertz CT molecular complexity index is 592. The fraction of sp³-hybridized carbons (Fsp3) is 0.533. The molecule has 7 heteroatoms. The standard InChI is InChI=1S/C15H22N4O3/c1-10(2)14-17-13(18-22-14)7-8-16-15(20)19(4)11(3)12-6-5-9-21-12/h5-6,9-11H,7-8H2,1-4H3,(H,16,20)/t11-/m0/s1. The van der Waals surface area contributed by atoms with Gasteiger partial charge in [-0.1, -0.05) is 19.0 Å². The minimum Gasteiger partial charge on any atom is -0.467 e. The lowest BCUT2D eigenvalue weighted by molar-refractivity contribution is 0.187. The normalized spacial score (nSPS) is 12.4. The first-order chi connectivity index (χ1) is 10.5. The second kappa shape index (κ2) is 7.11. The third-order valence-corrected chi connectivity index (χ3v) is 3.46. The first kappa shape index (κ1) is 16.1. The summed E-state index contributed by atoms with van der Waals surface area (Å²) in [5.74, 6) is 2.17. The third kappa shape index (κ3) is 3.87. The van der Waals surface area contributed by atoms with Crippen LogP contribution >= 0.6 is 0 Å². The molecule has 0 fully saturated rings. The van der Waals surface area contributed by atoms with Crippen LogP contribution in [-0.2, 0) is 6.42 Å². The van der Waals surface area contributed by atoms with E-state index in [0.29, 0.717) is 24.7 Å². The number of hydrogen-bond donors (Lipinski definition) is 1. The zero-order valence-corrected chi connectivity index (χ0v) is 13.4. The number of carbonyl (C=O) groups excluding carboxylic acids is 1. The zero-order chi connectivity index (χ0) is 16.1. The fourth-order valence-corrected chi connectivity index (χ4v) is 1.91. The van der Waals surface area contributed by atoms with E-state index in [1.165, 1.54) is 0 Å². The molecule has 0 radical (unpaired) electrons. The van der Waals surface area contributed by atoms with E-state index < -0.39 is 0 Å². The maximum Gasteiger partial charge on any atom is 0.317 e. The maximum atomic E-state index is 12.1. The van der Waals surface area contributed by atoms with Crippen LogP contribution in [0.1, 0.15) is 50.2 Å². The summed E-state index contributed by atoms with van der Waals surface area (Å²) in [6, 6.07) is 3.35. The number of carbonyl (C=O) groups is 1. The summed E-state index contributed by atoms with van der Waals surface area (Å²) in [5, 5.41) is 6.72. The van der Waals surface area contributed by atoms with Crippen molar-refractivity contribution in [2.75, 3.05) is 13.6 Å². The molecule has 0 saturated heterocycles. The van der Waals surface area contributed by atoms with E-state index in [2.05, 4.69) is 15.5 Å². The first-order valence-corrected chi connectivity index (χ1v) is 7.35. The highest BCUT2D eigenvalue weighted by atomic mass is 16.5. The Morgan fingerprint density at radius 2 is 2.18 bits per heavy atom. The van der Waals surface area contributed by atoms with E-state index in [9.17, 15) is 4.79 Å². The molecule has 0 aliphatic rings. The number of furan rings is 1. The van der Waals surface area contributed by atoms with Gasteiger partial charge in [-0.15, -0.1) is 0 Å². The lowest BCUT2D eigenvalue weighted by Gasteiger charge is -2.23. The summed E-state index contributed by atoms with van der Waals surface area (Å²) in [6.45, 7) is 6.34. The van der Waals surface area contributed by atoms with E-state index >= 15 is 0 Å². The van der Waals surface area contributed by atoms with Gasteiger partial charge in [-0.3, -0.25) is 0 Å². The van der Waals surface area contributed by atoms with Crippen molar-refractivity contribution >= 4 is 6.03 Å². The first-order valence-electron chi connectivity index (χ1n) is 7.35. The van der Waals surface area contributed by atoms with Crippen LogP contribution in [0.25, 0.3) is 0 Å². The van der Waals surface area contributed by atoms with Gasteiger partial charge in [0.25, 0.3) is 0 Å². The highest BCUT2D eigenvalue weighted by Gasteiger charge is 2.19. The molecule has 0 spiro atoms. The van der Waals surface area contributed by atoms with E-state index in [4.69, 9.17) is 8.94 Å². The van der Waals surface area contributed by atoms with Crippen molar-refractivity contribution in [3.05, 3.63) is 35.9 Å². The molecule has 0 aromatic carbocycles. The molecule has 2 heterocycles. The number of hydrogen-bond acceptors (Lipinski definition) is 5. The predicted octanol–water partition coefficient (Wildman–Crippen LogP) is 2.73. The van der Waals surface area contributed by atoms with Crippen LogP contribution in [0.4, 0.5) is 4.79 Å². The second-order valence-electron chi connectivity index (χ2n) is 5.49. The predicted molar refractivity (Wildman–Crippen MR) is 80.4 cm³/mol. The lowest BCUT2D eigenvalue weighted by Crippen LogP contribution is -2.39. The highest BCUT2D eigenvalue weighted by molar-refractivity contribution is 5.74. The largest absolute Gasteiger partial charge is 0.467 e. The Hall–Kier alpha value is -2.31. The van der Waals surface area contributed by atoms with Crippen molar-refractivity contribution in [3.8, 4) is 0 Å². The molecule has 1 N–H and O–H groups in total. The topological polar surface area (TPSA) is 84.4 Å². The minimum atomic E-state index is -0.170. The molecular weight excluding hydrogens is 284 g/mol. The Labute approximate surface area is 129 Å². The molecular formula is C15H22N4O3. The van der Waals surface area contributed by atoms with Crippen molar-refractivity contribution in [1.82, 2.24) is 20.4 Å². The van der Waals surface area contributed by atoms with Gasteiger partial charge in [0.1, 0.15) is 5.76 Å². The summed E-state index contributed by atoms with van der Waals surface area (Å²) < 4.78 is 10.4. The van der Waals surface area contributed by atoms with Crippen molar-refractivity contribution in [2.24, 2.45) is 0 Å². The van der Waals surface area contributed by atoms with Gasteiger partial charge in [0, 0.05) is 25.9 Å².